The third-order valence-corrected chi connectivity index (χ3v) is 3.34. The highest BCUT2D eigenvalue weighted by Gasteiger charge is 2.20. The second kappa shape index (κ2) is 5.68. The third-order valence-electron chi connectivity index (χ3n) is 3.34. The molecule has 1 aromatic heterocycles. The number of aryl methyl sites for hydroxylation is 1. The number of aliphatic hydroxyl groups excluding tert-OH is 1. The van der Waals surface area contributed by atoms with Crippen molar-refractivity contribution in [3.05, 3.63) is 41.6 Å². The van der Waals surface area contributed by atoms with Crippen LogP contribution in [0.5, 0.6) is 0 Å². The van der Waals surface area contributed by atoms with E-state index in [-0.39, 0.29) is 6.04 Å². The number of aliphatic hydroxyl groups is 1. The molecular formula is C16H22N2O. The Morgan fingerprint density at radius 1 is 1.26 bits per heavy atom. The molecule has 2 unspecified atom stereocenters. The van der Waals surface area contributed by atoms with Gasteiger partial charge in [-0.3, -0.25) is 4.98 Å². The highest BCUT2D eigenvalue weighted by Crippen LogP contribution is 2.27. The molecule has 0 fully saturated rings. The average molecular weight is 258 g/mol. The van der Waals surface area contributed by atoms with Crippen molar-refractivity contribution in [3.8, 4) is 0 Å². The fraction of sp³-hybridized carbons (Fsp3) is 0.438. The van der Waals surface area contributed by atoms with E-state index in [1.807, 2.05) is 37.3 Å². The van der Waals surface area contributed by atoms with Gasteiger partial charge in [0.2, 0.25) is 0 Å². The zero-order valence-electron chi connectivity index (χ0n) is 11.8. The van der Waals surface area contributed by atoms with Crippen molar-refractivity contribution in [3.63, 3.8) is 0 Å². The predicted molar refractivity (Wildman–Crippen MR) is 78.9 cm³/mol. The van der Waals surface area contributed by atoms with Crippen molar-refractivity contribution in [2.45, 2.75) is 39.3 Å². The molecule has 0 bridgehead atoms. The quantitative estimate of drug-likeness (QED) is 0.886. The maximum Gasteiger partial charge on any atom is 0.0948 e. The highest BCUT2D eigenvalue weighted by molar-refractivity contribution is 5.82. The van der Waals surface area contributed by atoms with Gasteiger partial charge in [-0.05, 0) is 37.0 Å². The molecule has 1 aromatic carbocycles. The van der Waals surface area contributed by atoms with E-state index < -0.39 is 6.10 Å². The Balaban J connectivity index is 2.43. The summed E-state index contributed by atoms with van der Waals surface area (Å²) in [4.78, 5) is 4.49. The number of rotatable bonds is 4. The summed E-state index contributed by atoms with van der Waals surface area (Å²) in [6.07, 6.45) is 0.158. The topological polar surface area (TPSA) is 59.1 Å². The lowest BCUT2D eigenvalue weighted by Gasteiger charge is -2.22. The molecule has 0 saturated carbocycles. The van der Waals surface area contributed by atoms with Crippen LogP contribution in [0.4, 0.5) is 0 Å². The largest absolute Gasteiger partial charge is 0.387 e. The van der Waals surface area contributed by atoms with Gasteiger partial charge in [-0.2, -0.15) is 0 Å². The second-order valence-electron chi connectivity index (χ2n) is 5.61. The minimum Gasteiger partial charge on any atom is -0.387 e. The molecule has 102 valence electrons. The molecule has 1 heterocycles. The van der Waals surface area contributed by atoms with E-state index in [0.29, 0.717) is 5.92 Å². The fourth-order valence-corrected chi connectivity index (χ4v) is 2.49. The molecule has 3 N–H and O–H groups in total. The molecule has 0 aliphatic heterocycles. The zero-order valence-corrected chi connectivity index (χ0v) is 11.8. The van der Waals surface area contributed by atoms with Gasteiger partial charge in [-0.25, -0.2) is 0 Å². The molecule has 2 aromatic rings. The van der Waals surface area contributed by atoms with E-state index in [2.05, 4.69) is 18.8 Å². The van der Waals surface area contributed by atoms with Gasteiger partial charge in [0.25, 0.3) is 0 Å². The molecule has 0 saturated heterocycles. The van der Waals surface area contributed by atoms with Crippen LogP contribution in [0, 0.1) is 12.8 Å². The number of nitrogens with zero attached hydrogens (tertiary/aromatic N) is 1. The van der Waals surface area contributed by atoms with Crippen LogP contribution in [-0.2, 0) is 0 Å². The SMILES string of the molecule is Cc1cc(C(O)C(N)CC(C)C)c2ccccc2n1. The van der Waals surface area contributed by atoms with Crippen LogP contribution in [0.15, 0.2) is 30.3 Å². The summed E-state index contributed by atoms with van der Waals surface area (Å²) in [6.45, 7) is 6.17. The van der Waals surface area contributed by atoms with Gasteiger partial charge in [0.05, 0.1) is 11.6 Å². The first-order valence-electron chi connectivity index (χ1n) is 6.79. The van der Waals surface area contributed by atoms with E-state index in [0.717, 1.165) is 28.6 Å². The molecule has 0 spiro atoms. The first kappa shape index (κ1) is 14.0. The van der Waals surface area contributed by atoms with Crippen LogP contribution in [0.2, 0.25) is 0 Å². The first-order valence-corrected chi connectivity index (χ1v) is 6.79. The maximum atomic E-state index is 10.5. The van der Waals surface area contributed by atoms with Crippen molar-refractivity contribution in [2.24, 2.45) is 11.7 Å². The van der Waals surface area contributed by atoms with Gasteiger partial charge in [-0.15, -0.1) is 0 Å². The predicted octanol–water partition coefficient (Wildman–Crippen LogP) is 2.95. The van der Waals surface area contributed by atoms with Crippen LogP contribution < -0.4 is 5.73 Å². The molecule has 0 radical (unpaired) electrons. The summed E-state index contributed by atoms with van der Waals surface area (Å²) < 4.78 is 0. The van der Waals surface area contributed by atoms with E-state index in [4.69, 9.17) is 5.73 Å². The van der Waals surface area contributed by atoms with Gasteiger partial charge in [0.15, 0.2) is 0 Å². The molecule has 0 aliphatic carbocycles. The molecule has 0 aliphatic rings. The van der Waals surface area contributed by atoms with Crippen molar-refractivity contribution in [1.29, 1.82) is 0 Å². The second-order valence-corrected chi connectivity index (χ2v) is 5.61. The summed E-state index contributed by atoms with van der Waals surface area (Å²) in [7, 11) is 0. The fourth-order valence-electron chi connectivity index (χ4n) is 2.49. The molecular weight excluding hydrogens is 236 g/mol. The van der Waals surface area contributed by atoms with Crippen molar-refractivity contribution < 1.29 is 5.11 Å². The Morgan fingerprint density at radius 3 is 2.63 bits per heavy atom. The summed E-state index contributed by atoms with van der Waals surface area (Å²) >= 11 is 0. The number of fused-ring (bicyclic) bond motifs is 1. The van der Waals surface area contributed by atoms with Gasteiger partial charge in [0.1, 0.15) is 0 Å². The van der Waals surface area contributed by atoms with Crippen molar-refractivity contribution >= 4 is 10.9 Å². The summed E-state index contributed by atoms with van der Waals surface area (Å²) in [5, 5.41) is 11.5. The minimum atomic E-state index is -0.644. The lowest BCUT2D eigenvalue weighted by molar-refractivity contribution is 0.137. The molecule has 2 rings (SSSR count). The summed E-state index contributed by atoms with van der Waals surface area (Å²) in [5.74, 6) is 0.471. The van der Waals surface area contributed by atoms with Gasteiger partial charge < -0.3 is 10.8 Å². The van der Waals surface area contributed by atoms with E-state index in [1.165, 1.54) is 0 Å². The number of nitrogens with two attached hydrogens (primary N) is 1. The molecule has 3 nitrogen and oxygen atoms in total. The van der Waals surface area contributed by atoms with E-state index in [9.17, 15) is 5.11 Å². The number of aromatic nitrogens is 1. The first-order chi connectivity index (χ1) is 8.99. The lowest BCUT2D eigenvalue weighted by atomic mass is 9.93. The smallest absolute Gasteiger partial charge is 0.0948 e. The highest BCUT2D eigenvalue weighted by atomic mass is 16.3. The van der Waals surface area contributed by atoms with Crippen LogP contribution in [0.3, 0.4) is 0 Å². The summed E-state index contributed by atoms with van der Waals surface area (Å²) in [6, 6.07) is 9.56. The maximum absolute atomic E-state index is 10.5. The van der Waals surface area contributed by atoms with Crippen LogP contribution in [0.1, 0.15) is 37.6 Å². The Morgan fingerprint density at radius 2 is 1.95 bits per heavy atom. The summed E-state index contributed by atoms with van der Waals surface area (Å²) in [5.41, 5.74) is 8.82. The number of para-hydroxylation sites is 1. The number of pyridine rings is 1. The van der Waals surface area contributed by atoms with Gasteiger partial charge in [0, 0.05) is 17.1 Å². The third kappa shape index (κ3) is 3.11. The molecule has 19 heavy (non-hydrogen) atoms. The van der Waals surface area contributed by atoms with Crippen molar-refractivity contribution in [2.75, 3.05) is 0 Å². The molecule has 3 heteroatoms. The van der Waals surface area contributed by atoms with Crippen LogP contribution in [-0.4, -0.2) is 16.1 Å². The zero-order chi connectivity index (χ0) is 14.0. The van der Waals surface area contributed by atoms with Crippen molar-refractivity contribution in [1.82, 2.24) is 4.98 Å². The van der Waals surface area contributed by atoms with Crippen LogP contribution in [0.25, 0.3) is 10.9 Å². The van der Waals surface area contributed by atoms with Gasteiger partial charge in [-0.1, -0.05) is 32.0 Å². The molecule has 0 amide bonds. The Kier molecular flexibility index (Phi) is 4.17. The molecule has 2 atom stereocenters. The van der Waals surface area contributed by atoms with E-state index >= 15 is 0 Å². The minimum absolute atomic E-state index is 0.245. The number of hydrogen-bond donors (Lipinski definition) is 2. The van der Waals surface area contributed by atoms with E-state index in [1.54, 1.807) is 0 Å². The number of hydrogen-bond acceptors (Lipinski definition) is 3. The Hall–Kier alpha value is -1.45. The Bertz CT molecular complexity index is 566. The lowest BCUT2D eigenvalue weighted by Crippen LogP contribution is -2.30. The van der Waals surface area contributed by atoms with Gasteiger partial charge >= 0.3 is 0 Å². The standard InChI is InChI=1S/C16H22N2O/c1-10(2)8-14(17)16(19)13-9-11(3)18-15-7-5-4-6-12(13)15/h4-7,9-10,14,16,19H,8,17H2,1-3H3. The Labute approximate surface area is 114 Å². The van der Waals surface area contributed by atoms with Crippen LogP contribution >= 0.6 is 0 Å². The normalized spacial score (nSPS) is 14.8. The average Bonchev–Trinajstić information content (AvgIpc) is 2.36. The monoisotopic (exact) mass is 258 g/mol. The number of benzene rings is 1.